The lowest BCUT2D eigenvalue weighted by Crippen LogP contribution is -2.43. The fraction of sp³-hybridized carbons (Fsp3) is 1.00. The van der Waals surface area contributed by atoms with Crippen LogP contribution in [-0.2, 0) is 14.2 Å². The third-order valence-electron chi connectivity index (χ3n) is 7.29. The zero-order valence-electron chi connectivity index (χ0n) is 17.1. The lowest BCUT2D eigenvalue weighted by molar-refractivity contribution is -0.199. The summed E-state index contributed by atoms with van der Waals surface area (Å²) < 4.78 is 18.3. The van der Waals surface area contributed by atoms with Crippen molar-refractivity contribution in [2.75, 3.05) is 32.8 Å². The van der Waals surface area contributed by atoms with Gasteiger partial charge in [0.2, 0.25) is 0 Å². The van der Waals surface area contributed by atoms with Gasteiger partial charge in [0.25, 0.3) is 0 Å². The smallest absolute Gasteiger partial charge is 0.168 e. The predicted molar refractivity (Wildman–Crippen MR) is 101 cm³/mol. The van der Waals surface area contributed by atoms with Gasteiger partial charge >= 0.3 is 0 Å². The van der Waals surface area contributed by atoms with Gasteiger partial charge in [-0.2, -0.15) is 0 Å². The van der Waals surface area contributed by atoms with Gasteiger partial charge in [-0.25, -0.2) is 0 Å². The van der Waals surface area contributed by atoms with Crippen LogP contribution in [0.4, 0.5) is 0 Å². The summed E-state index contributed by atoms with van der Waals surface area (Å²) in [6.45, 7) is 16.6. The van der Waals surface area contributed by atoms with Crippen molar-refractivity contribution >= 4 is 0 Å². The van der Waals surface area contributed by atoms with Gasteiger partial charge in [0.15, 0.2) is 5.79 Å². The average Bonchev–Trinajstić information content (AvgIpc) is 2.96. The molecule has 4 heteroatoms. The van der Waals surface area contributed by atoms with E-state index < -0.39 is 0 Å². The van der Waals surface area contributed by atoms with Crippen molar-refractivity contribution in [2.45, 2.75) is 84.7 Å². The largest absolute Gasteiger partial charge is 0.376 e. The van der Waals surface area contributed by atoms with Crippen LogP contribution in [0, 0.1) is 17.3 Å². The summed E-state index contributed by atoms with van der Waals surface area (Å²) >= 11 is 0. The van der Waals surface area contributed by atoms with Crippen LogP contribution < -0.4 is 0 Å². The van der Waals surface area contributed by atoms with Crippen molar-refractivity contribution < 1.29 is 14.2 Å². The van der Waals surface area contributed by atoms with Gasteiger partial charge in [-0.1, -0.05) is 27.7 Å². The monoisotopic (exact) mass is 353 g/mol. The molecule has 0 radical (unpaired) electrons. The number of hydrogen-bond acceptors (Lipinski definition) is 4. The van der Waals surface area contributed by atoms with Crippen molar-refractivity contribution in [1.29, 1.82) is 0 Å². The summed E-state index contributed by atoms with van der Waals surface area (Å²) in [5.74, 6) is 1.24. The van der Waals surface area contributed by atoms with Crippen LogP contribution in [0.15, 0.2) is 0 Å². The third kappa shape index (κ3) is 4.58. The SMILES string of the molecule is CC1CN(CCC2COC3(CCC(C(C)(C)C(C)C)CC3)O2)CCO1. The van der Waals surface area contributed by atoms with E-state index in [1.54, 1.807) is 0 Å². The number of nitrogens with zero attached hydrogens (tertiary/aromatic N) is 1. The zero-order chi connectivity index (χ0) is 18.1. The van der Waals surface area contributed by atoms with E-state index in [1.165, 1.54) is 12.8 Å². The molecule has 2 heterocycles. The first kappa shape index (κ1) is 19.6. The van der Waals surface area contributed by atoms with Crippen molar-refractivity contribution in [1.82, 2.24) is 4.90 Å². The molecule has 0 aromatic heterocycles. The lowest BCUT2D eigenvalue weighted by Gasteiger charge is -2.44. The first-order valence-electron chi connectivity index (χ1n) is 10.5. The van der Waals surface area contributed by atoms with Crippen LogP contribution in [0.5, 0.6) is 0 Å². The Kier molecular flexibility index (Phi) is 6.14. The van der Waals surface area contributed by atoms with E-state index in [-0.39, 0.29) is 11.9 Å². The minimum atomic E-state index is -0.271. The van der Waals surface area contributed by atoms with Crippen molar-refractivity contribution in [3.63, 3.8) is 0 Å². The topological polar surface area (TPSA) is 30.9 Å². The fourth-order valence-electron chi connectivity index (χ4n) is 4.71. The molecule has 0 N–H and O–H groups in total. The van der Waals surface area contributed by atoms with Crippen LogP contribution >= 0.6 is 0 Å². The molecular weight excluding hydrogens is 314 g/mol. The number of hydrogen-bond donors (Lipinski definition) is 0. The molecular formula is C21H39NO3. The maximum absolute atomic E-state index is 6.45. The second-order valence-corrected chi connectivity index (χ2v) is 9.48. The van der Waals surface area contributed by atoms with E-state index in [0.717, 1.165) is 63.9 Å². The fourth-order valence-corrected chi connectivity index (χ4v) is 4.71. The Bertz CT molecular complexity index is 429. The number of ether oxygens (including phenoxy) is 3. The average molecular weight is 354 g/mol. The summed E-state index contributed by atoms with van der Waals surface area (Å²) in [6.07, 6.45) is 6.32. The first-order chi connectivity index (χ1) is 11.8. The molecule has 0 bridgehead atoms. The standard InChI is InChI=1S/C21H39NO3/c1-16(2)20(4,5)18-6-9-21(10-7-18)24-15-19(25-21)8-11-22-12-13-23-17(3)14-22/h16-19H,6-15H2,1-5H3. The van der Waals surface area contributed by atoms with Crippen LogP contribution in [0.3, 0.4) is 0 Å². The normalized spacial score (nSPS) is 37.9. The molecule has 1 saturated carbocycles. The van der Waals surface area contributed by atoms with Gasteiger partial charge in [-0.3, -0.25) is 4.90 Å². The maximum Gasteiger partial charge on any atom is 0.168 e. The van der Waals surface area contributed by atoms with Gasteiger partial charge in [-0.15, -0.1) is 0 Å². The summed E-state index contributed by atoms with van der Waals surface area (Å²) in [4.78, 5) is 2.50. The number of morpholine rings is 1. The molecule has 0 aromatic rings. The van der Waals surface area contributed by atoms with Gasteiger partial charge in [0.1, 0.15) is 0 Å². The van der Waals surface area contributed by atoms with Gasteiger partial charge in [0, 0.05) is 32.5 Å². The Balaban J connectivity index is 1.44. The second-order valence-electron chi connectivity index (χ2n) is 9.48. The van der Waals surface area contributed by atoms with E-state index in [2.05, 4.69) is 39.5 Å². The minimum Gasteiger partial charge on any atom is -0.376 e. The first-order valence-corrected chi connectivity index (χ1v) is 10.5. The van der Waals surface area contributed by atoms with E-state index in [4.69, 9.17) is 14.2 Å². The highest BCUT2D eigenvalue weighted by molar-refractivity contribution is 4.91. The molecule has 2 aliphatic heterocycles. The van der Waals surface area contributed by atoms with Crippen molar-refractivity contribution in [2.24, 2.45) is 17.3 Å². The third-order valence-corrected chi connectivity index (χ3v) is 7.29. The predicted octanol–water partition coefficient (Wildman–Crippen LogP) is 4.08. The Hall–Kier alpha value is -0.160. The number of rotatable bonds is 5. The Morgan fingerprint density at radius 3 is 2.56 bits per heavy atom. The molecule has 2 unspecified atom stereocenters. The molecule has 3 rings (SSSR count). The summed E-state index contributed by atoms with van der Waals surface area (Å²) in [7, 11) is 0. The van der Waals surface area contributed by atoms with Crippen LogP contribution in [-0.4, -0.2) is 55.7 Å². The highest BCUT2D eigenvalue weighted by Gasteiger charge is 2.47. The molecule has 0 amide bonds. The molecule has 25 heavy (non-hydrogen) atoms. The highest BCUT2D eigenvalue weighted by Crippen LogP contribution is 2.48. The molecule has 0 aromatic carbocycles. The van der Waals surface area contributed by atoms with Gasteiger partial charge in [0.05, 0.1) is 25.4 Å². The molecule has 4 nitrogen and oxygen atoms in total. The lowest BCUT2D eigenvalue weighted by atomic mass is 9.64. The highest BCUT2D eigenvalue weighted by atomic mass is 16.7. The summed E-state index contributed by atoms with van der Waals surface area (Å²) in [5, 5.41) is 0. The van der Waals surface area contributed by atoms with E-state index in [9.17, 15) is 0 Å². The van der Waals surface area contributed by atoms with Crippen molar-refractivity contribution in [3.8, 4) is 0 Å². The Morgan fingerprint density at radius 2 is 1.92 bits per heavy atom. The van der Waals surface area contributed by atoms with Gasteiger partial charge < -0.3 is 14.2 Å². The minimum absolute atomic E-state index is 0.271. The molecule has 1 aliphatic carbocycles. The molecule has 3 aliphatic rings. The Labute approximate surface area is 154 Å². The van der Waals surface area contributed by atoms with Gasteiger partial charge in [-0.05, 0) is 43.4 Å². The molecule has 3 fully saturated rings. The second kappa shape index (κ2) is 7.84. The van der Waals surface area contributed by atoms with Crippen LogP contribution in [0.1, 0.15) is 66.7 Å². The van der Waals surface area contributed by atoms with Crippen LogP contribution in [0.2, 0.25) is 0 Å². The van der Waals surface area contributed by atoms with E-state index in [0.29, 0.717) is 11.5 Å². The summed E-state index contributed by atoms with van der Waals surface area (Å²) in [6, 6.07) is 0. The van der Waals surface area contributed by atoms with Crippen molar-refractivity contribution in [3.05, 3.63) is 0 Å². The maximum atomic E-state index is 6.45. The zero-order valence-corrected chi connectivity index (χ0v) is 17.1. The van der Waals surface area contributed by atoms with E-state index in [1.807, 2.05) is 0 Å². The molecule has 1 spiro atoms. The van der Waals surface area contributed by atoms with Crippen LogP contribution in [0.25, 0.3) is 0 Å². The van der Waals surface area contributed by atoms with E-state index >= 15 is 0 Å². The molecule has 2 atom stereocenters. The molecule has 146 valence electrons. The molecule has 2 saturated heterocycles. The quantitative estimate of drug-likeness (QED) is 0.745. The Morgan fingerprint density at radius 1 is 1.20 bits per heavy atom. The summed E-state index contributed by atoms with van der Waals surface area (Å²) in [5.41, 5.74) is 0.409.